The number of para-hydroxylation sites is 1. The molecule has 0 aliphatic carbocycles. The van der Waals surface area contributed by atoms with Crippen LogP contribution in [0.5, 0.6) is 0 Å². The van der Waals surface area contributed by atoms with Crippen molar-refractivity contribution in [2.45, 2.75) is 38.8 Å². The zero-order valence-corrected chi connectivity index (χ0v) is 15.4. The summed E-state index contributed by atoms with van der Waals surface area (Å²) in [4.78, 5) is 19.6. The highest BCUT2D eigenvalue weighted by molar-refractivity contribution is 5.41. The summed E-state index contributed by atoms with van der Waals surface area (Å²) in [6.45, 7) is 6.38. The molecule has 0 unspecified atom stereocenters. The number of piperidine rings is 1. The Labute approximate surface area is 153 Å². The van der Waals surface area contributed by atoms with Gasteiger partial charge in [0.2, 0.25) is 0 Å². The van der Waals surface area contributed by atoms with Crippen molar-refractivity contribution in [3.63, 3.8) is 0 Å². The standard InChI is InChI=1S/C20H26N4O2/c1-14-19(21)20(13-26-14)8-10-23(11-9-20)17-12-18(25)24(15(2)22-17)16-6-4-3-5-7-16/h3-7,12,14,19H,8-11,13,21H2,1-2H3/t14-,19+/m0/s1. The van der Waals surface area contributed by atoms with Gasteiger partial charge in [-0.3, -0.25) is 9.36 Å². The SMILES string of the molecule is Cc1nc(N2CCC3(CC2)CO[C@@H](C)[C@H]3N)cc(=O)n1-c1ccccc1. The van der Waals surface area contributed by atoms with E-state index >= 15 is 0 Å². The smallest absolute Gasteiger partial charge is 0.260 e. The van der Waals surface area contributed by atoms with Crippen molar-refractivity contribution in [1.82, 2.24) is 9.55 Å². The predicted molar refractivity (Wildman–Crippen MR) is 102 cm³/mol. The van der Waals surface area contributed by atoms with Crippen LogP contribution in [0, 0.1) is 12.3 Å². The highest BCUT2D eigenvalue weighted by atomic mass is 16.5. The molecule has 2 aliphatic heterocycles. The van der Waals surface area contributed by atoms with Crippen molar-refractivity contribution >= 4 is 5.82 Å². The fourth-order valence-electron chi connectivity index (χ4n) is 4.29. The third kappa shape index (κ3) is 2.83. The van der Waals surface area contributed by atoms with Crippen molar-refractivity contribution in [2.75, 3.05) is 24.6 Å². The van der Waals surface area contributed by atoms with Gasteiger partial charge < -0.3 is 15.4 Å². The van der Waals surface area contributed by atoms with Gasteiger partial charge in [-0.05, 0) is 38.8 Å². The second-order valence-corrected chi connectivity index (χ2v) is 7.56. The second kappa shape index (κ2) is 6.52. The molecule has 2 aliphatic rings. The van der Waals surface area contributed by atoms with Crippen molar-refractivity contribution in [1.29, 1.82) is 0 Å². The topological polar surface area (TPSA) is 73.4 Å². The van der Waals surface area contributed by atoms with Crippen LogP contribution in [0.3, 0.4) is 0 Å². The lowest BCUT2D eigenvalue weighted by Gasteiger charge is -2.41. The summed E-state index contributed by atoms with van der Waals surface area (Å²) >= 11 is 0. The Bertz CT molecular complexity index is 841. The molecule has 2 aromatic rings. The zero-order chi connectivity index (χ0) is 18.3. The molecular weight excluding hydrogens is 328 g/mol. The first kappa shape index (κ1) is 17.2. The molecule has 3 heterocycles. The minimum atomic E-state index is -0.0477. The largest absolute Gasteiger partial charge is 0.376 e. The molecule has 0 saturated carbocycles. The lowest BCUT2D eigenvalue weighted by Crippen LogP contribution is -2.51. The second-order valence-electron chi connectivity index (χ2n) is 7.56. The Kier molecular flexibility index (Phi) is 4.32. The lowest BCUT2D eigenvalue weighted by molar-refractivity contribution is 0.0974. The maximum absolute atomic E-state index is 12.7. The van der Waals surface area contributed by atoms with Gasteiger partial charge in [-0.2, -0.15) is 0 Å². The van der Waals surface area contributed by atoms with E-state index in [2.05, 4.69) is 11.8 Å². The van der Waals surface area contributed by atoms with E-state index in [9.17, 15) is 4.79 Å². The Morgan fingerprint density at radius 1 is 1.23 bits per heavy atom. The maximum Gasteiger partial charge on any atom is 0.260 e. The molecule has 4 rings (SSSR count). The number of nitrogens with zero attached hydrogens (tertiary/aromatic N) is 3. The molecule has 0 amide bonds. The first-order chi connectivity index (χ1) is 12.5. The number of ether oxygens (including phenoxy) is 1. The average Bonchev–Trinajstić information content (AvgIpc) is 2.91. The molecule has 138 valence electrons. The summed E-state index contributed by atoms with van der Waals surface area (Å²) in [6, 6.07) is 11.4. The van der Waals surface area contributed by atoms with E-state index in [0.29, 0.717) is 5.82 Å². The van der Waals surface area contributed by atoms with Crippen LogP contribution in [-0.2, 0) is 4.74 Å². The number of aromatic nitrogens is 2. The van der Waals surface area contributed by atoms with E-state index in [-0.39, 0.29) is 23.1 Å². The number of hydrogen-bond donors (Lipinski definition) is 1. The molecular formula is C20H26N4O2. The minimum absolute atomic E-state index is 0.0477. The number of hydrogen-bond acceptors (Lipinski definition) is 5. The molecule has 26 heavy (non-hydrogen) atoms. The highest BCUT2D eigenvalue weighted by Crippen LogP contribution is 2.41. The average molecular weight is 354 g/mol. The Morgan fingerprint density at radius 2 is 1.92 bits per heavy atom. The summed E-state index contributed by atoms with van der Waals surface area (Å²) in [5, 5.41) is 0. The summed E-state index contributed by atoms with van der Waals surface area (Å²) < 4.78 is 7.44. The van der Waals surface area contributed by atoms with E-state index in [0.717, 1.165) is 44.0 Å². The number of nitrogens with two attached hydrogens (primary N) is 1. The fraction of sp³-hybridized carbons (Fsp3) is 0.500. The Morgan fingerprint density at radius 3 is 2.50 bits per heavy atom. The van der Waals surface area contributed by atoms with Gasteiger partial charge in [0.05, 0.1) is 18.4 Å². The summed E-state index contributed by atoms with van der Waals surface area (Å²) in [5.74, 6) is 1.46. The van der Waals surface area contributed by atoms with Crippen molar-refractivity contribution in [3.05, 3.63) is 52.6 Å². The molecule has 2 N–H and O–H groups in total. The van der Waals surface area contributed by atoms with Gasteiger partial charge in [0.25, 0.3) is 5.56 Å². The van der Waals surface area contributed by atoms with E-state index in [1.54, 1.807) is 10.6 Å². The van der Waals surface area contributed by atoms with Gasteiger partial charge in [-0.15, -0.1) is 0 Å². The van der Waals surface area contributed by atoms with Crippen LogP contribution in [0.4, 0.5) is 5.82 Å². The molecule has 2 saturated heterocycles. The van der Waals surface area contributed by atoms with Crippen LogP contribution >= 0.6 is 0 Å². The number of aryl methyl sites for hydroxylation is 1. The van der Waals surface area contributed by atoms with E-state index in [1.807, 2.05) is 37.3 Å². The molecule has 2 fully saturated rings. The summed E-state index contributed by atoms with van der Waals surface area (Å²) in [5.41, 5.74) is 7.26. The normalized spacial score (nSPS) is 25.0. The van der Waals surface area contributed by atoms with E-state index in [4.69, 9.17) is 15.5 Å². The van der Waals surface area contributed by atoms with Gasteiger partial charge in [0.15, 0.2) is 0 Å². The number of rotatable bonds is 2. The molecule has 1 aromatic carbocycles. The van der Waals surface area contributed by atoms with Crippen LogP contribution in [-0.4, -0.2) is 41.4 Å². The first-order valence-electron chi connectivity index (χ1n) is 9.28. The molecule has 0 bridgehead atoms. The quantitative estimate of drug-likeness (QED) is 0.891. The third-order valence-corrected chi connectivity index (χ3v) is 6.02. The monoisotopic (exact) mass is 354 g/mol. The predicted octanol–water partition coefficient (Wildman–Crippen LogP) is 1.87. The van der Waals surface area contributed by atoms with Crippen molar-refractivity contribution in [2.24, 2.45) is 11.1 Å². The summed E-state index contributed by atoms with van der Waals surface area (Å²) in [7, 11) is 0. The minimum Gasteiger partial charge on any atom is -0.376 e. The molecule has 6 nitrogen and oxygen atoms in total. The number of benzene rings is 1. The zero-order valence-electron chi connectivity index (χ0n) is 15.4. The molecule has 0 radical (unpaired) electrons. The van der Waals surface area contributed by atoms with Gasteiger partial charge >= 0.3 is 0 Å². The van der Waals surface area contributed by atoms with Crippen LogP contribution in [0.15, 0.2) is 41.2 Å². The van der Waals surface area contributed by atoms with Gasteiger partial charge in [0.1, 0.15) is 11.6 Å². The van der Waals surface area contributed by atoms with Gasteiger partial charge in [0, 0.05) is 30.6 Å². The van der Waals surface area contributed by atoms with Crippen LogP contribution in [0.1, 0.15) is 25.6 Å². The van der Waals surface area contributed by atoms with Gasteiger partial charge in [-0.25, -0.2) is 4.98 Å². The maximum atomic E-state index is 12.7. The molecule has 2 atom stereocenters. The Balaban J connectivity index is 1.56. The van der Waals surface area contributed by atoms with Gasteiger partial charge in [-0.1, -0.05) is 18.2 Å². The lowest BCUT2D eigenvalue weighted by atomic mass is 9.73. The Hall–Kier alpha value is -2.18. The molecule has 1 aromatic heterocycles. The summed E-state index contributed by atoms with van der Waals surface area (Å²) in [6.07, 6.45) is 2.07. The third-order valence-electron chi connectivity index (χ3n) is 6.02. The fourth-order valence-corrected chi connectivity index (χ4v) is 4.29. The van der Waals surface area contributed by atoms with Crippen LogP contribution in [0.25, 0.3) is 5.69 Å². The molecule has 6 heteroatoms. The van der Waals surface area contributed by atoms with E-state index in [1.165, 1.54) is 0 Å². The number of anilines is 1. The van der Waals surface area contributed by atoms with Crippen molar-refractivity contribution < 1.29 is 4.74 Å². The highest BCUT2D eigenvalue weighted by Gasteiger charge is 2.47. The van der Waals surface area contributed by atoms with Crippen molar-refractivity contribution in [3.8, 4) is 5.69 Å². The van der Waals surface area contributed by atoms with Crippen LogP contribution in [0.2, 0.25) is 0 Å². The van der Waals surface area contributed by atoms with E-state index < -0.39 is 0 Å². The first-order valence-corrected chi connectivity index (χ1v) is 9.28. The molecule has 1 spiro atoms. The van der Waals surface area contributed by atoms with Crippen LogP contribution < -0.4 is 16.2 Å².